The Hall–Kier alpha value is -7.12. The first-order chi connectivity index (χ1) is 25.3. The molecule has 0 saturated carbocycles. The number of ether oxygens (including phenoxy) is 1. The number of anilines is 9. The van der Waals surface area contributed by atoms with Crippen LogP contribution in [0.15, 0.2) is 182 Å². The Morgan fingerprint density at radius 3 is 1.29 bits per heavy atom. The van der Waals surface area contributed by atoms with Gasteiger partial charge in [0.25, 0.3) is 0 Å². The van der Waals surface area contributed by atoms with Crippen LogP contribution < -0.4 is 19.4 Å². The van der Waals surface area contributed by atoms with Gasteiger partial charge in [-0.05, 0) is 84.9 Å². The van der Waals surface area contributed by atoms with Crippen LogP contribution in [0.2, 0.25) is 0 Å². The number of nitrogens with zero attached hydrogens (tertiary/aromatic N) is 6. The van der Waals surface area contributed by atoms with Gasteiger partial charge in [0.15, 0.2) is 11.5 Å². The molecule has 0 spiro atoms. The Labute approximate surface area is 295 Å². The number of rotatable bonds is 5. The van der Waals surface area contributed by atoms with Gasteiger partial charge in [-0.25, -0.2) is 4.68 Å². The van der Waals surface area contributed by atoms with Crippen LogP contribution in [-0.2, 0) is 0 Å². The third kappa shape index (κ3) is 4.75. The van der Waals surface area contributed by atoms with Crippen molar-refractivity contribution in [2.24, 2.45) is 0 Å². The summed E-state index contributed by atoms with van der Waals surface area (Å²) in [4.78, 5) is 6.89. The van der Waals surface area contributed by atoms with Crippen molar-refractivity contribution in [3.05, 3.63) is 182 Å². The average molecular weight is 659 g/mol. The van der Waals surface area contributed by atoms with Crippen LogP contribution in [-0.4, -0.2) is 15.0 Å². The summed E-state index contributed by atoms with van der Waals surface area (Å²) in [6.07, 6.45) is 2.00. The van der Waals surface area contributed by atoms with Gasteiger partial charge in [-0.3, -0.25) is 0 Å². The second-order valence-electron chi connectivity index (χ2n) is 12.4. The van der Waals surface area contributed by atoms with Gasteiger partial charge in [-0.15, -0.1) is 5.10 Å². The molecule has 0 bridgehead atoms. The molecule has 0 aliphatic carbocycles. The summed E-state index contributed by atoms with van der Waals surface area (Å²) in [6, 6.07) is 60.7. The molecule has 2 aliphatic rings. The molecule has 0 fully saturated rings. The van der Waals surface area contributed by atoms with E-state index in [9.17, 15) is 0 Å². The Kier molecular flexibility index (Phi) is 6.67. The summed E-state index contributed by atoms with van der Waals surface area (Å²) >= 11 is 0. The molecule has 0 radical (unpaired) electrons. The Bertz CT molecular complexity index is 2450. The maximum atomic E-state index is 6.27. The molecule has 0 saturated heterocycles. The minimum absolute atomic E-state index is 0.786. The fourth-order valence-corrected chi connectivity index (χ4v) is 7.18. The Morgan fingerprint density at radius 2 is 0.765 bits per heavy atom. The fraction of sp³-hybridized carbons (Fsp3) is 0. The van der Waals surface area contributed by atoms with Crippen molar-refractivity contribution in [2.75, 3.05) is 14.7 Å². The molecular formula is C44H30N6O. The number of fused-ring (bicyclic) bond motifs is 4. The summed E-state index contributed by atoms with van der Waals surface area (Å²) in [5.41, 5.74) is 12.2. The summed E-state index contributed by atoms with van der Waals surface area (Å²) in [6.45, 7) is 0. The van der Waals surface area contributed by atoms with E-state index in [2.05, 4.69) is 152 Å². The lowest BCUT2D eigenvalue weighted by molar-refractivity contribution is 0.477. The van der Waals surface area contributed by atoms with Crippen LogP contribution in [0.4, 0.5) is 51.2 Å². The molecule has 242 valence electrons. The van der Waals surface area contributed by atoms with Crippen LogP contribution >= 0.6 is 0 Å². The minimum Gasteiger partial charge on any atom is -0.453 e. The molecule has 1 aromatic heterocycles. The molecule has 8 aromatic rings. The molecule has 0 N–H and O–H groups in total. The van der Waals surface area contributed by atoms with E-state index in [0.717, 1.165) is 79.6 Å². The predicted molar refractivity (Wildman–Crippen MR) is 204 cm³/mol. The van der Waals surface area contributed by atoms with Gasteiger partial charge in [0, 0.05) is 16.9 Å². The molecule has 7 nitrogen and oxygen atoms in total. The van der Waals surface area contributed by atoms with E-state index in [1.54, 1.807) is 0 Å². The van der Waals surface area contributed by atoms with Crippen molar-refractivity contribution >= 4 is 51.2 Å². The lowest BCUT2D eigenvalue weighted by atomic mass is 10.0. The smallest absolute Gasteiger partial charge is 0.151 e. The number of aromatic nitrogens is 3. The third-order valence-corrected chi connectivity index (χ3v) is 9.46. The van der Waals surface area contributed by atoms with Crippen LogP contribution in [0.1, 0.15) is 0 Å². The SMILES string of the molecule is c1ccc(N2c3ccccc3N(c3ccc(-c4cn(-c5ccccc5N5c6ccccc6Oc6ccccc65)nn4)cc3)c3ccccc32)cc1. The lowest BCUT2D eigenvalue weighted by Gasteiger charge is -2.40. The maximum absolute atomic E-state index is 6.27. The molecule has 2 aliphatic heterocycles. The first kappa shape index (κ1) is 28.9. The van der Waals surface area contributed by atoms with E-state index in [1.807, 2.05) is 59.4 Å². The highest BCUT2D eigenvalue weighted by molar-refractivity contribution is 6.01. The normalized spacial score (nSPS) is 12.7. The molecule has 7 heteroatoms. The maximum Gasteiger partial charge on any atom is 0.151 e. The van der Waals surface area contributed by atoms with Gasteiger partial charge < -0.3 is 19.4 Å². The number of hydrogen-bond donors (Lipinski definition) is 0. The van der Waals surface area contributed by atoms with Gasteiger partial charge in [-0.2, -0.15) is 0 Å². The zero-order chi connectivity index (χ0) is 33.7. The summed E-state index contributed by atoms with van der Waals surface area (Å²) in [7, 11) is 0. The van der Waals surface area contributed by atoms with Crippen molar-refractivity contribution < 1.29 is 4.74 Å². The summed E-state index contributed by atoms with van der Waals surface area (Å²) in [5.74, 6) is 1.61. The second kappa shape index (κ2) is 11.8. The van der Waals surface area contributed by atoms with E-state index in [4.69, 9.17) is 4.74 Å². The third-order valence-electron chi connectivity index (χ3n) is 9.46. The van der Waals surface area contributed by atoms with Gasteiger partial charge in [0.05, 0.1) is 51.7 Å². The highest BCUT2D eigenvalue weighted by Gasteiger charge is 2.30. The topological polar surface area (TPSA) is 49.7 Å². The second-order valence-corrected chi connectivity index (χ2v) is 12.4. The van der Waals surface area contributed by atoms with Gasteiger partial charge >= 0.3 is 0 Å². The van der Waals surface area contributed by atoms with Gasteiger partial charge in [0.1, 0.15) is 5.69 Å². The summed E-state index contributed by atoms with van der Waals surface area (Å²) < 4.78 is 8.13. The zero-order valence-electron chi connectivity index (χ0n) is 27.4. The van der Waals surface area contributed by atoms with E-state index < -0.39 is 0 Å². The summed E-state index contributed by atoms with van der Waals surface area (Å²) in [5, 5.41) is 9.28. The monoisotopic (exact) mass is 658 g/mol. The van der Waals surface area contributed by atoms with Gasteiger partial charge in [0.2, 0.25) is 0 Å². The zero-order valence-corrected chi connectivity index (χ0v) is 27.4. The highest BCUT2D eigenvalue weighted by atomic mass is 16.5. The number of benzene rings is 7. The van der Waals surface area contributed by atoms with Crippen LogP contribution in [0.25, 0.3) is 16.9 Å². The van der Waals surface area contributed by atoms with E-state index in [0.29, 0.717) is 0 Å². The van der Waals surface area contributed by atoms with Crippen molar-refractivity contribution in [3.63, 3.8) is 0 Å². The van der Waals surface area contributed by atoms with Crippen molar-refractivity contribution in [3.8, 4) is 28.4 Å². The van der Waals surface area contributed by atoms with E-state index in [1.165, 1.54) is 0 Å². The van der Waals surface area contributed by atoms with E-state index in [-0.39, 0.29) is 0 Å². The Balaban J connectivity index is 1.01. The highest BCUT2D eigenvalue weighted by Crippen LogP contribution is 2.54. The molecule has 3 heterocycles. The molecule has 7 aromatic carbocycles. The van der Waals surface area contributed by atoms with Crippen molar-refractivity contribution in [1.82, 2.24) is 15.0 Å². The number of hydrogen-bond acceptors (Lipinski definition) is 6. The molecule has 0 atom stereocenters. The molecule has 51 heavy (non-hydrogen) atoms. The standard InChI is InChI=1S/C44H30N6O/c1-2-14-32(15-3-1)48-37-18-6-8-20-39(37)49(40-21-9-7-19-38(40)48)33-28-26-31(27-29-33)34-30-47(46-45-34)35-16-4-5-17-36(35)50-41-22-10-12-24-43(41)51-44-25-13-11-23-42(44)50/h1-30H. The van der Waals surface area contributed by atoms with Crippen LogP contribution in [0, 0.1) is 0 Å². The molecule has 0 unspecified atom stereocenters. The fourth-order valence-electron chi connectivity index (χ4n) is 7.18. The first-order valence-electron chi connectivity index (χ1n) is 16.9. The Morgan fingerprint density at radius 1 is 0.353 bits per heavy atom. The number of para-hydroxylation sites is 11. The molecular weight excluding hydrogens is 629 g/mol. The first-order valence-corrected chi connectivity index (χ1v) is 16.9. The lowest BCUT2D eigenvalue weighted by Crippen LogP contribution is -2.23. The predicted octanol–water partition coefficient (Wildman–Crippen LogP) is 11.8. The van der Waals surface area contributed by atoms with Crippen molar-refractivity contribution in [1.29, 1.82) is 0 Å². The van der Waals surface area contributed by atoms with Crippen molar-refractivity contribution in [2.45, 2.75) is 0 Å². The minimum atomic E-state index is 0.786. The van der Waals surface area contributed by atoms with Gasteiger partial charge in [-0.1, -0.05) is 96.2 Å². The largest absolute Gasteiger partial charge is 0.453 e. The average Bonchev–Trinajstić information content (AvgIpc) is 3.70. The van der Waals surface area contributed by atoms with Crippen LogP contribution in [0.5, 0.6) is 11.5 Å². The molecule has 10 rings (SSSR count). The molecule has 0 amide bonds. The quantitative estimate of drug-likeness (QED) is 0.183. The van der Waals surface area contributed by atoms with E-state index >= 15 is 0 Å². The van der Waals surface area contributed by atoms with Crippen LogP contribution in [0.3, 0.4) is 0 Å².